The maximum atomic E-state index is 12.5. The van der Waals surface area contributed by atoms with E-state index in [9.17, 15) is 18.3 Å². The number of aryl methyl sites for hydroxylation is 1. The minimum Gasteiger partial charge on any atom is -0.508 e. The Morgan fingerprint density at radius 2 is 2.05 bits per heavy atom. The summed E-state index contributed by atoms with van der Waals surface area (Å²) < 4.78 is 42.1. The molecule has 1 aromatic carbocycles. The van der Waals surface area contributed by atoms with Gasteiger partial charge in [-0.1, -0.05) is 0 Å². The highest BCUT2D eigenvalue weighted by molar-refractivity contribution is 5.63. The molecule has 0 atom stereocenters. The fourth-order valence-corrected chi connectivity index (χ4v) is 1.68. The van der Waals surface area contributed by atoms with Crippen molar-refractivity contribution in [3.8, 4) is 17.0 Å². The van der Waals surface area contributed by atoms with E-state index in [1.165, 1.54) is 25.1 Å². The standard InChI is InChI=1S/C12H11F3N2O2/c1-6-10(17-11(19-6)12(13,14)15)7-2-3-9(18)8(4-7)5-16/h2-4,18H,5,16H2,1H3. The van der Waals surface area contributed by atoms with Gasteiger partial charge in [0.25, 0.3) is 0 Å². The van der Waals surface area contributed by atoms with Crippen LogP contribution in [-0.2, 0) is 12.7 Å². The summed E-state index contributed by atoms with van der Waals surface area (Å²) in [6, 6.07) is 4.30. The van der Waals surface area contributed by atoms with Crippen LogP contribution in [0.2, 0.25) is 0 Å². The number of hydrogen-bond acceptors (Lipinski definition) is 4. The van der Waals surface area contributed by atoms with Gasteiger partial charge >= 0.3 is 12.1 Å². The summed E-state index contributed by atoms with van der Waals surface area (Å²) >= 11 is 0. The monoisotopic (exact) mass is 272 g/mol. The first kappa shape index (κ1) is 13.4. The Labute approximate surface area is 106 Å². The van der Waals surface area contributed by atoms with Crippen molar-refractivity contribution in [2.24, 2.45) is 5.73 Å². The average molecular weight is 272 g/mol. The van der Waals surface area contributed by atoms with Crippen LogP contribution in [0.5, 0.6) is 5.75 Å². The molecule has 0 saturated carbocycles. The zero-order chi connectivity index (χ0) is 14.2. The van der Waals surface area contributed by atoms with Crippen molar-refractivity contribution in [1.29, 1.82) is 0 Å². The molecule has 2 rings (SSSR count). The molecule has 0 unspecified atom stereocenters. The molecule has 7 heteroatoms. The normalized spacial score (nSPS) is 11.8. The van der Waals surface area contributed by atoms with E-state index in [1.807, 2.05) is 0 Å². The number of oxazole rings is 1. The Kier molecular flexibility index (Phi) is 3.23. The van der Waals surface area contributed by atoms with Crippen LogP contribution in [0.15, 0.2) is 22.6 Å². The van der Waals surface area contributed by atoms with Crippen molar-refractivity contribution in [2.75, 3.05) is 0 Å². The molecule has 4 nitrogen and oxygen atoms in total. The summed E-state index contributed by atoms with van der Waals surface area (Å²) in [6.45, 7) is 1.47. The molecular formula is C12H11F3N2O2. The van der Waals surface area contributed by atoms with Crippen LogP contribution in [0.25, 0.3) is 11.3 Å². The maximum Gasteiger partial charge on any atom is 0.468 e. The van der Waals surface area contributed by atoms with E-state index in [0.29, 0.717) is 11.1 Å². The van der Waals surface area contributed by atoms with Crippen molar-refractivity contribution in [1.82, 2.24) is 4.98 Å². The fraction of sp³-hybridized carbons (Fsp3) is 0.250. The van der Waals surface area contributed by atoms with Crippen LogP contribution in [0.4, 0.5) is 13.2 Å². The second-order valence-electron chi connectivity index (χ2n) is 3.97. The fourth-order valence-electron chi connectivity index (χ4n) is 1.68. The molecule has 102 valence electrons. The number of hydrogen-bond donors (Lipinski definition) is 2. The topological polar surface area (TPSA) is 72.3 Å². The Morgan fingerprint density at radius 1 is 1.37 bits per heavy atom. The van der Waals surface area contributed by atoms with E-state index in [-0.39, 0.29) is 23.7 Å². The van der Waals surface area contributed by atoms with Crippen LogP contribution >= 0.6 is 0 Å². The summed E-state index contributed by atoms with van der Waals surface area (Å²) in [4.78, 5) is 3.44. The van der Waals surface area contributed by atoms with Crippen LogP contribution in [0.1, 0.15) is 17.2 Å². The minimum absolute atomic E-state index is 0.0107. The van der Waals surface area contributed by atoms with Gasteiger partial charge in [0.1, 0.15) is 17.2 Å². The molecule has 3 N–H and O–H groups in total. The molecule has 0 amide bonds. The molecule has 0 fully saturated rings. The Bertz CT molecular complexity index is 606. The Morgan fingerprint density at radius 3 is 2.58 bits per heavy atom. The van der Waals surface area contributed by atoms with E-state index >= 15 is 0 Å². The first-order chi connectivity index (χ1) is 8.82. The molecule has 1 aromatic heterocycles. The zero-order valence-corrected chi connectivity index (χ0v) is 9.95. The molecule has 0 aliphatic carbocycles. The van der Waals surface area contributed by atoms with Gasteiger partial charge in [0.05, 0.1) is 0 Å². The van der Waals surface area contributed by atoms with Gasteiger partial charge in [0.2, 0.25) is 0 Å². The number of aromatic nitrogens is 1. The summed E-state index contributed by atoms with van der Waals surface area (Å²) in [6.07, 6.45) is -4.63. The second-order valence-corrected chi connectivity index (χ2v) is 3.97. The van der Waals surface area contributed by atoms with E-state index in [1.54, 1.807) is 0 Å². The number of halogens is 3. The number of benzene rings is 1. The number of nitrogens with zero attached hydrogens (tertiary/aromatic N) is 1. The van der Waals surface area contributed by atoms with E-state index in [2.05, 4.69) is 9.40 Å². The summed E-state index contributed by atoms with van der Waals surface area (Å²) in [7, 11) is 0. The molecule has 0 aliphatic rings. The minimum atomic E-state index is -4.63. The van der Waals surface area contributed by atoms with Gasteiger partial charge in [-0.05, 0) is 25.1 Å². The summed E-state index contributed by atoms with van der Waals surface area (Å²) in [5.74, 6) is -1.24. The van der Waals surface area contributed by atoms with Crippen LogP contribution < -0.4 is 5.73 Å². The molecule has 1 heterocycles. The molecule has 0 bridgehead atoms. The van der Waals surface area contributed by atoms with E-state index < -0.39 is 12.1 Å². The highest BCUT2D eigenvalue weighted by Gasteiger charge is 2.38. The first-order valence-corrected chi connectivity index (χ1v) is 5.40. The van der Waals surface area contributed by atoms with Crippen molar-refractivity contribution in [3.05, 3.63) is 35.4 Å². The summed E-state index contributed by atoms with van der Waals surface area (Å²) in [5.41, 5.74) is 6.35. The lowest BCUT2D eigenvalue weighted by Gasteiger charge is -2.04. The Balaban J connectivity index is 2.50. The zero-order valence-electron chi connectivity index (χ0n) is 9.95. The number of aromatic hydroxyl groups is 1. The van der Waals surface area contributed by atoms with Gasteiger partial charge in [0, 0.05) is 17.7 Å². The third kappa shape index (κ3) is 2.55. The van der Waals surface area contributed by atoms with Crippen molar-refractivity contribution >= 4 is 0 Å². The predicted molar refractivity (Wildman–Crippen MR) is 61.2 cm³/mol. The van der Waals surface area contributed by atoms with Gasteiger partial charge in [-0.2, -0.15) is 13.2 Å². The SMILES string of the molecule is Cc1oc(C(F)(F)F)nc1-c1ccc(O)c(CN)c1. The molecule has 19 heavy (non-hydrogen) atoms. The maximum absolute atomic E-state index is 12.5. The molecular weight excluding hydrogens is 261 g/mol. The molecule has 0 spiro atoms. The largest absolute Gasteiger partial charge is 0.508 e. The van der Waals surface area contributed by atoms with Gasteiger partial charge in [-0.3, -0.25) is 0 Å². The highest BCUT2D eigenvalue weighted by Crippen LogP contribution is 2.34. The lowest BCUT2D eigenvalue weighted by Crippen LogP contribution is -2.04. The quantitative estimate of drug-likeness (QED) is 0.881. The van der Waals surface area contributed by atoms with Crippen LogP contribution in [0, 0.1) is 6.92 Å². The van der Waals surface area contributed by atoms with Crippen LogP contribution in [0.3, 0.4) is 0 Å². The van der Waals surface area contributed by atoms with Gasteiger partial charge in [-0.15, -0.1) is 0 Å². The smallest absolute Gasteiger partial charge is 0.468 e. The number of alkyl halides is 3. The van der Waals surface area contributed by atoms with Gasteiger partial charge < -0.3 is 15.3 Å². The molecule has 0 saturated heterocycles. The lowest BCUT2D eigenvalue weighted by atomic mass is 10.1. The Hall–Kier alpha value is -2.02. The predicted octanol–water partition coefficient (Wildman–Crippen LogP) is 2.83. The van der Waals surface area contributed by atoms with E-state index in [0.717, 1.165) is 0 Å². The molecule has 2 aromatic rings. The number of phenols is 1. The average Bonchev–Trinajstić information content (AvgIpc) is 2.72. The van der Waals surface area contributed by atoms with E-state index in [4.69, 9.17) is 5.73 Å². The molecule has 0 aliphatic heterocycles. The van der Waals surface area contributed by atoms with Crippen molar-refractivity contribution in [2.45, 2.75) is 19.6 Å². The van der Waals surface area contributed by atoms with Crippen LogP contribution in [-0.4, -0.2) is 10.1 Å². The number of nitrogens with two attached hydrogens (primary N) is 1. The van der Waals surface area contributed by atoms with Gasteiger partial charge in [0.15, 0.2) is 0 Å². The highest BCUT2D eigenvalue weighted by atomic mass is 19.4. The molecule has 0 radical (unpaired) electrons. The summed E-state index contributed by atoms with van der Waals surface area (Å²) in [5, 5.41) is 9.48. The second kappa shape index (κ2) is 4.58. The third-order valence-corrected chi connectivity index (χ3v) is 2.61. The van der Waals surface area contributed by atoms with Gasteiger partial charge in [-0.25, -0.2) is 4.98 Å². The van der Waals surface area contributed by atoms with Crippen molar-refractivity contribution in [3.63, 3.8) is 0 Å². The number of rotatable bonds is 2. The number of phenolic OH excluding ortho intramolecular Hbond substituents is 1. The first-order valence-electron chi connectivity index (χ1n) is 5.40. The third-order valence-electron chi connectivity index (χ3n) is 2.61. The lowest BCUT2D eigenvalue weighted by molar-refractivity contribution is -0.157. The van der Waals surface area contributed by atoms with Crippen molar-refractivity contribution < 1.29 is 22.7 Å².